The van der Waals surface area contributed by atoms with E-state index in [0.29, 0.717) is 12.2 Å². The highest BCUT2D eigenvalue weighted by Gasteiger charge is 2.23. The van der Waals surface area contributed by atoms with Crippen molar-refractivity contribution in [2.75, 3.05) is 18.1 Å². The van der Waals surface area contributed by atoms with Crippen LogP contribution in [-0.4, -0.2) is 25.2 Å². The molecule has 0 N–H and O–H groups in total. The third kappa shape index (κ3) is 4.18. The van der Waals surface area contributed by atoms with E-state index in [4.69, 9.17) is 9.47 Å². The van der Waals surface area contributed by atoms with E-state index in [0.717, 1.165) is 29.3 Å². The van der Waals surface area contributed by atoms with Gasteiger partial charge in [-0.3, -0.25) is 9.69 Å². The van der Waals surface area contributed by atoms with E-state index in [-0.39, 0.29) is 12.0 Å². The number of ether oxygens (including phenoxy) is 2. The lowest BCUT2D eigenvalue weighted by molar-refractivity contribution is 0.0999. The van der Waals surface area contributed by atoms with E-state index in [9.17, 15) is 4.79 Å². The SMILES string of the molecule is Cc1ccc(C(=O)N(c2ccccc2)c2ccc(OCC3CO3)cc2)cc1. The van der Waals surface area contributed by atoms with Gasteiger partial charge < -0.3 is 9.47 Å². The predicted molar refractivity (Wildman–Crippen MR) is 106 cm³/mol. The summed E-state index contributed by atoms with van der Waals surface area (Å²) in [6, 6.07) is 24.9. The number of carbonyl (C=O) groups excluding carboxylic acids is 1. The number of aryl methyl sites for hydroxylation is 1. The molecule has 1 aliphatic heterocycles. The van der Waals surface area contributed by atoms with E-state index in [1.807, 2.05) is 85.8 Å². The van der Waals surface area contributed by atoms with E-state index in [2.05, 4.69) is 0 Å². The van der Waals surface area contributed by atoms with Gasteiger partial charge in [0.1, 0.15) is 18.5 Å². The average Bonchev–Trinajstić information content (AvgIpc) is 3.53. The van der Waals surface area contributed by atoms with Crippen LogP contribution in [0.15, 0.2) is 78.9 Å². The minimum absolute atomic E-state index is 0.0683. The molecule has 4 heteroatoms. The second-order valence-electron chi connectivity index (χ2n) is 6.60. The van der Waals surface area contributed by atoms with Gasteiger partial charge in [0.15, 0.2) is 0 Å². The molecule has 1 unspecified atom stereocenters. The molecule has 27 heavy (non-hydrogen) atoms. The quantitative estimate of drug-likeness (QED) is 0.597. The van der Waals surface area contributed by atoms with Gasteiger partial charge in [-0.1, -0.05) is 35.9 Å². The van der Waals surface area contributed by atoms with Crippen LogP contribution in [0.4, 0.5) is 11.4 Å². The zero-order valence-electron chi connectivity index (χ0n) is 15.2. The van der Waals surface area contributed by atoms with E-state index in [1.165, 1.54) is 0 Å². The van der Waals surface area contributed by atoms with Crippen LogP contribution in [0.3, 0.4) is 0 Å². The first kappa shape index (κ1) is 17.3. The fourth-order valence-electron chi connectivity index (χ4n) is 2.83. The highest BCUT2D eigenvalue weighted by Crippen LogP contribution is 2.29. The first-order valence-corrected chi connectivity index (χ1v) is 9.01. The number of amides is 1. The Kier molecular flexibility index (Phi) is 4.90. The smallest absolute Gasteiger partial charge is 0.262 e. The van der Waals surface area contributed by atoms with Crippen molar-refractivity contribution in [1.29, 1.82) is 0 Å². The molecule has 136 valence electrons. The molecule has 3 aromatic rings. The van der Waals surface area contributed by atoms with E-state index < -0.39 is 0 Å². The molecule has 1 heterocycles. The lowest BCUT2D eigenvalue weighted by Crippen LogP contribution is -2.25. The van der Waals surface area contributed by atoms with Gasteiger partial charge in [-0.15, -0.1) is 0 Å². The third-order valence-electron chi connectivity index (χ3n) is 4.45. The second-order valence-corrected chi connectivity index (χ2v) is 6.60. The molecule has 1 fully saturated rings. The lowest BCUT2D eigenvalue weighted by Gasteiger charge is -2.23. The van der Waals surface area contributed by atoms with Crippen molar-refractivity contribution in [2.24, 2.45) is 0 Å². The van der Waals surface area contributed by atoms with Crippen LogP contribution in [0.25, 0.3) is 0 Å². The minimum atomic E-state index is -0.0683. The maximum atomic E-state index is 13.2. The van der Waals surface area contributed by atoms with Crippen LogP contribution < -0.4 is 9.64 Å². The van der Waals surface area contributed by atoms with Crippen molar-refractivity contribution >= 4 is 17.3 Å². The fourth-order valence-corrected chi connectivity index (χ4v) is 2.83. The van der Waals surface area contributed by atoms with Gasteiger partial charge in [0, 0.05) is 16.9 Å². The molecule has 0 bridgehead atoms. The molecule has 1 aliphatic rings. The summed E-state index contributed by atoms with van der Waals surface area (Å²) in [4.78, 5) is 15.0. The molecule has 1 saturated heterocycles. The Balaban J connectivity index is 1.63. The van der Waals surface area contributed by atoms with Crippen molar-refractivity contribution in [3.8, 4) is 5.75 Å². The van der Waals surface area contributed by atoms with Crippen LogP contribution in [0, 0.1) is 6.92 Å². The lowest BCUT2D eigenvalue weighted by atomic mass is 10.1. The molecule has 4 rings (SSSR count). The van der Waals surface area contributed by atoms with Crippen molar-refractivity contribution in [2.45, 2.75) is 13.0 Å². The van der Waals surface area contributed by atoms with Crippen LogP contribution in [0.5, 0.6) is 5.75 Å². The van der Waals surface area contributed by atoms with Crippen LogP contribution in [0.2, 0.25) is 0 Å². The maximum Gasteiger partial charge on any atom is 0.262 e. The summed E-state index contributed by atoms with van der Waals surface area (Å²) in [6.45, 7) is 3.34. The Morgan fingerprint density at radius 3 is 2.22 bits per heavy atom. The molecular weight excluding hydrogens is 338 g/mol. The highest BCUT2D eigenvalue weighted by atomic mass is 16.6. The zero-order valence-corrected chi connectivity index (χ0v) is 15.2. The predicted octanol–water partition coefficient (Wildman–Crippen LogP) is 4.75. The molecule has 1 amide bonds. The third-order valence-corrected chi connectivity index (χ3v) is 4.45. The molecule has 3 aromatic carbocycles. The van der Waals surface area contributed by atoms with Gasteiger partial charge in [0.05, 0.1) is 6.61 Å². The molecule has 4 nitrogen and oxygen atoms in total. The summed E-state index contributed by atoms with van der Waals surface area (Å²) >= 11 is 0. The fraction of sp³-hybridized carbons (Fsp3) is 0.174. The van der Waals surface area contributed by atoms with Gasteiger partial charge >= 0.3 is 0 Å². The molecule has 0 saturated carbocycles. The molecule has 0 aliphatic carbocycles. The number of anilines is 2. The standard InChI is InChI=1S/C23H21NO3/c1-17-7-9-18(10-8-17)23(25)24(19-5-3-2-4-6-19)20-11-13-21(14-12-20)26-15-22-16-27-22/h2-14,22H,15-16H2,1H3. The van der Waals surface area contributed by atoms with Crippen LogP contribution in [0.1, 0.15) is 15.9 Å². The summed E-state index contributed by atoms with van der Waals surface area (Å²) in [5.74, 6) is 0.700. The van der Waals surface area contributed by atoms with Crippen LogP contribution >= 0.6 is 0 Å². The second kappa shape index (κ2) is 7.64. The Morgan fingerprint density at radius 2 is 1.59 bits per heavy atom. The number of para-hydroxylation sites is 1. The van der Waals surface area contributed by atoms with Crippen molar-refractivity contribution in [1.82, 2.24) is 0 Å². The monoisotopic (exact) mass is 359 g/mol. The molecule has 1 atom stereocenters. The summed E-state index contributed by atoms with van der Waals surface area (Å²) in [7, 11) is 0. The Morgan fingerprint density at radius 1 is 0.963 bits per heavy atom. The normalized spacial score (nSPS) is 15.2. The van der Waals surface area contributed by atoms with Crippen molar-refractivity contribution in [3.63, 3.8) is 0 Å². The number of rotatable bonds is 6. The van der Waals surface area contributed by atoms with Crippen molar-refractivity contribution in [3.05, 3.63) is 90.0 Å². The van der Waals surface area contributed by atoms with Gasteiger partial charge in [-0.05, 0) is 55.5 Å². The number of carbonyl (C=O) groups is 1. The summed E-state index contributed by atoms with van der Waals surface area (Å²) < 4.78 is 10.9. The zero-order chi connectivity index (χ0) is 18.6. The summed E-state index contributed by atoms with van der Waals surface area (Å²) in [5.41, 5.74) is 3.39. The number of epoxide rings is 1. The van der Waals surface area contributed by atoms with Gasteiger partial charge in [-0.2, -0.15) is 0 Å². The van der Waals surface area contributed by atoms with E-state index >= 15 is 0 Å². The Labute approximate surface area is 159 Å². The van der Waals surface area contributed by atoms with Gasteiger partial charge in [-0.25, -0.2) is 0 Å². The van der Waals surface area contributed by atoms with Crippen LogP contribution in [-0.2, 0) is 4.74 Å². The number of benzene rings is 3. The Bertz CT molecular complexity index is 901. The summed E-state index contributed by atoms with van der Waals surface area (Å²) in [5, 5.41) is 0. The molecule has 0 spiro atoms. The Hall–Kier alpha value is -3.11. The maximum absolute atomic E-state index is 13.2. The molecular formula is C23H21NO3. The highest BCUT2D eigenvalue weighted by molar-refractivity contribution is 6.10. The van der Waals surface area contributed by atoms with Crippen molar-refractivity contribution < 1.29 is 14.3 Å². The largest absolute Gasteiger partial charge is 0.491 e. The molecule has 0 radical (unpaired) electrons. The summed E-state index contributed by atoms with van der Waals surface area (Å²) in [6.07, 6.45) is 0.216. The minimum Gasteiger partial charge on any atom is -0.491 e. The van der Waals surface area contributed by atoms with Gasteiger partial charge in [0.2, 0.25) is 0 Å². The van der Waals surface area contributed by atoms with Gasteiger partial charge in [0.25, 0.3) is 5.91 Å². The topological polar surface area (TPSA) is 42.1 Å². The first-order valence-electron chi connectivity index (χ1n) is 9.01. The average molecular weight is 359 g/mol. The number of hydrogen-bond acceptors (Lipinski definition) is 3. The number of nitrogens with zero attached hydrogens (tertiary/aromatic N) is 1. The molecule has 0 aromatic heterocycles. The van der Waals surface area contributed by atoms with E-state index in [1.54, 1.807) is 4.90 Å². The first-order chi connectivity index (χ1) is 13.2. The number of hydrogen-bond donors (Lipinski definition) is 0.